The number of hydrogen-bond acceptors (Lipinski definition) is 9. The summed E-state index contributed by atoms with van der Waals surface area (Å²) < 4.78 is 19.7. The van der Waals surface area contributed by atoms with Crippen LogP contribution >= 0.6 is 0 Å². The third-order valence-corrected chi connectivity index (χ3v) is 4.76. The first-order valence-corrected chi connectivity index (χ1v) is 8.85. The van der Waals surface area contributed by atoms with Crippen molar-refractivity contribution in [3.63, 3.8) is 0 Å². The highest BCUT2D eigenvalue weighted by atomic mass is 19.1. The number of anilines is 2. The fourth-order valence-electron chi connectivity index (χ4n) is 3.33. The number of amides is 1. The van der Waals surface area contributed by atoms with Crippen LogP contribution in [0.5, 0.6) is 0 Å². The minimum absolute atomic E-state index is 0.161. The maximum absolute atomic E-state index is 14.7. The molecule has 13 heteroatoms. The molecule has 3 aromatic rings. The van der Waals surface area contributed by atoms with Crippen molar-refractivity contribution in [3.05, 3.63) is 35.4 Å². The topological polar surface area (TPSA) is 127 Å². The van der Waals surface area contributed by atoms with E-state index in [0.29, 0.717) is 36.1 Å². The Kier molecular flexibility index (Phi) is 3.91. The third-order valence-electron chi connectivity index (χ3n) is 4.76. The molecule has 1 aromatic carbocycles. The van der Waals surface area contributed by atoms with Crippen LogP contribution in [0.2, 0.25) is 0 Å². The summed E-state index contributed by atoms with van der Waals surface area (Å²) in [5.41, 5.74) is 1.91. The predicted molar refractivity (Wildman–Crippen MR) is 94.7 cm³/mol. The lowest BCUT2D eigenvalue weighted by atomic mass is 10.2. The highest BCUT2D eigenvalue weighted by Crippen LogP contribution is 2.27. The zero-order valence-corrected chi connectivity index (χ0v) is 15.3. The Morgan fingerprint density at radius 1 is 1.24 bits per heavy atom. The summed E-state index contributed by atoms with van der Waals surface area (Å²) in [5, 5.41) is 29.8. The Hall–Kier alpha value is -3.61. The lowest BCUT2D eigenvalue weighted by molar-refractivity contribution is 0.0963. The molecule has 2 aliphatic rings. The van der Waals surface area contributed by atoms with E-state index in [2.05, 4.69) is 25.6 Å². The van der Waals surface area contributed by atoms with Gasteiger partial charge in [0.2, 0.25) is 0 Å². The molecule has 0 unspecified atom stereocenters. The SMILES string of the molecule is Cn1nnc(N2Cc3nn(-c4ccc(N5C[C@H](CO)OC5=O)cc4F)nc3C2)n1. The van der Waals surface area contributed by atoms with E-state index in [0.717, 1.165) is 0 Å². The molecular weight excluding hydrogens is 385 g/mol. The van der Waals surface area contributed by atoms with Crippen molar-refractivity contribution in [2.24, 2.45) is 7.05 Å². The average Bonchev–Trinajstić information content (AvgIpc) is 3.44. The quantitative estimate of drug-likeness (QED) is 0.630. The third kappa shape index (κ3) is 2.95. The Bertz CT molecular complexity index is 1070. The van der Waals surface area contributed by atoms with Crippen LogP contribution in [0.4, 0.5) is 20.8 Å². The Balaban J connectivity index is 1.36. The number of aliphatic hydroxyl groups excluding tert-OH is 1. The highest BCUT2D eigenvalue weighted by molar-refractivity contribution is 5.89. The Morgan fingerprint density at radius 3 is 2.59 bits per heavy atom. The van der Waals surface area contributed by atoms with Gasteiger partial charge in [0.05, 0.1) is 39.0 Å². The second kappa shape index (κ2) is 6.48. The monoisotopic (exact) mass is 401 g/mol. The van der Waals surface area contributed by atoms with Crippen LogP contribution in [-0.4, -0.2) is 65.7 Å². The van der Waals surface area contributed by atoms with E-state index in [9.17, 15) is 9.18 Å². The summed E-state index contributed by atoms with van der Waals surface area (Å²) in [7, 11) is 1.68. The summed E-state index contributed by atoms with van der Waals surface area (Å²) in [6, 6.07) is 4.31. The molecule has 4 heterocycles. The predicted octanol–water partition coefficient (Wildman–Crippen LogP) is -0.232. The van der Waals surface area contributed by atoms with Crippen LogP contribution in [-0.2, 0) is 24.9 Å². The van der Waals surface area contributed by atoms with E-state index in [1.54, 1.807) is 13.1 Å². The molecule has 29 heavy (non-hydrogen) atoms. The molecule has 5 rings (SSSR count). The first-order chi connectivity index (χ1) is 14.0. The van der Waals surface area contributed by atoms with E-state index in [1.165, 1.54) is 26.6 Å². The normalized spacial score (nSPS) is 18.4. The van der Waals surface area contributed by atoms with Gasteiger partial charge in [0.1, 0.15) is 23.2 Å². The number of ether oxygens (including phenoxy) is 1. The second-order valence-electron chi connectivity index (χ2n) is 6.75. The van der Waals surface area contributed by atoms with E-state index < -0.39 is 18.0 Å². The molecule has 1 saturated heterocycles. The average molecular weight is 401 g/mol. The zero-order chi connectivity index (χ0) is 20.1. The van der Waals surface area contributed by atoms with E-state index in [1.807, 2.05) is 4.90 Å². The van der Waals surface area contributed by atoms with Gasteiger partial charge in [-0.15, -0.1) is 9.90 Å². The highest BCUT2D eigenvalue weighted by Gasteiger charge is 2.32. The number of cyclic esters (lactones) is 1. The Morgan fingerprint density at radius 2 is 2.00 bits per heavy atom. The van der Waals surface area contributed by atoms with Gasteiger partial charge in [0.25, 0.3) is 5.95 Å². The first-order valence-electron chi connectivity index (χ1n) is 8.85. The van der Waals surface area contributed by atoms with E-state index in [-0.39, 0.29) is 18.8 Å². The number of aryl methyl sites for hydroxylation is 1. The number of halogens is 1. The largest absolute Gasteiger partial charge is 0.441 e. The number of aromatic nitrogens is 7. The molecule has 0 aliphatic carbocycles. The summed E-state index contributed by atoms with van der Waals surface area (Å²) in [5.74, 6) is -0.100. The number of benzene rings is 1. The Labute approximate surface area is 163 Å². The molecule has 1 fully saturated rings. The number of fused-ring (bicyclic) bond motifs is 1. The van der Waals surface area contributed by atoms with Gasteiger partial charge >= 0.3 is 6.09 Å². The van der Waals surface area contributed by atoms with E-state index >= 15 is 0 Å². The molecule has 2 aliphatic heterocycles. The maximum Gasteiger partial charge on any atom is 0.414 e. The van der Waals surface area contributed by atoms with Crippen molar-refractivity contribution < 1.29 is 19.0 Å². The molecule has 2 aromatic heterocycles. The number of hydrogen-bond donors (Lipinski definition) is 1. The van der Waals surface area contributed by atoms with Crippen molar-refractivity contribution in [1.29, 1.82) is 0 Å². The number of carbonyl (C=O) groups is 1. The maximum atomic E-state index is 14.7. The van der Waals surface area contributed by atoms with Gasteiger partial charge in [-0.25, -0.2) is 9.18 Å². The summed E-state index contributed by atoms with van der Waals surface area (Å²) in [4.78, 5) is 17.6. The molecule has 0 spiro atoms. The van der Waals surface area contributed by atoms with Crippen LogP contribution in [0.1, 0.15) is 11.4 Å². The number of nitrogens with zero attached hydrogens (tertiary/aromatic N) is 9. The van der Waals surface area contributed by atoms with Gasteiger partial charge in [-0.1, -0.05) is 5.10 Å². The van der Waals surface area contributed by atoms with E-state index in [4.69, 9.17) is 9.84 Å². The van der Waals surface area contributed by atoms with Crippen LogP contribution in [0, 0.1) is 5.82 Å². The first kappa shape index (κ1) is 17.5. The summed E-state index contributed by atoms with van der Waals surface area (Å²) in [6.45, 7) is 0.771. The molecule has 0 saturated carbocycles. The zero-order valence-electron chi connectivity index (χ0n) is 15.3. The smallest absolute Gasteiger partial charge is 0.414 e. The van der Waals surface area contributed by atoms with Gasteiger partial charge in [0, 0.05) is 6.07 Å². The number of rotatable bonds is 4. The fourth-order valence-corrected chi connectivity index (χ4v) is 3.33. The molecule has 1 amide bonds. The molecule has 1 N–H and O–H groups in total. The molecule has 12 nitrogen and oxygen atoms in total. The minimum Gasteiger partial charge on any atom is -0.441 e. The lowest BCUT2D eigenvalue weighted by Gasteiger charge is -2.14. The van der Waals surface area contributed by atoms with Crippen LogP contribution in [0.15, 0.2) is 18.2 Å². The van der Waals surface area contributed by atoms with Crippen molar-refractivity contribution >= 4 is 17.7 Å². The lowest BCUT2D eigenvalue weighted by Crippen LogP contribution is -2.25. The van der Waals surface area contributed by atoms with Crippen molar-refractivity contribution in [2.75, 3.05) is 23.0 Å². The molecule has 1 atom stereocenters. The van der Waals surface area contributed by atoms with Gasteiger partial charge in [0.15, 0.2) is 5.82 Å². The van der Waals surface area contributed by atoms with Gasteiger partial charge < -0.3 is 14.7 Å². The minimum atomic E-state index is -0.620. The number of carbonyl (C=O) groups excluding carboxylic acids is 1. The van der Waals surface area contributed by atoms with Gasteiger partial charge in [-0.2, -0.15) is 15.0 Å². The van der Waals surface area contributed by atoms with Crippen LogP contribution < -0.4 is 9.80 Å². The van der Waals surface area contributed by atoms with Crippen molar-refractivity contribution in [2.45, 2.75) is 19.2 Å². The summed E-state index contributed by atoms with van der Waals surface area (Å²) >= 11 is 0. The molecule has 150 valence electrons. The molecular formula is C16H16FN9O3. The molecule has 0 bridgehead atoms. The second-order valence-corrected chi connectivity index (χ2v) is 6.75. The summed E-state index contributed by atoms with van der Waals surface area (Å²) in [6.07, 6.45) is -1.24. The standard InChI is InChI=1S/C16H16FN9O3/c1-23-21-15(18-22-23)24-6-12-13(7-24)20-26(19-12)14-3-2-9(4-11(14)17)25-5-10(8-27)29-16(25)28/h2-4,10,27H,5-8H2,1H3/t10-/m1/s1. The number of aliphatic hydroxyl groups is 1. The van der Waals surface area contributed by atoms with Gasteiger partial charge in [-0.3, -0.25) is 4.90 Å². The van der Waals surface area contributed by atoms with Crippen molar-refractivity contribution in [3.8, 4) is 5.69 Å². The number of tetrazole rings is 1. The molecule has 0 radical (unpaired) electrons. The van der Waals surface area contributed by atoms with Crippen LogP contribution in [0.3, 0.4) is 0 Å². The van der Waals surface area contributed by atoms with Crippen LogP contribution in [0.25, 0.3) is 5.69 Å². The fraction of sp³-hybridized carbons (Fsp3) is 0.375. The van der Waals surface area contributed by atoms with Crippen molar-refractivity contribution in [1.82, 2.24) is 35.2 Å². The van der Waals surface area contributed by atoms with Gasteiger partial charge in [-0.05, 0) is 17.3 Å².